The van der Waals surface area contributed by atoms with Crippen molar-refractivity contribution in [2.45, 2.75) is 38.1 Å². The maximum atomic E-state index is 14.1. The monoisotopic (exact) mass is 539 g/mol. The van der Waals surface area contributed by atoms with E-state index in [1.54, 1.807) is 17.8 Å². The van der Waals surface area contributed by atoms with Gasteiger partial charge in [0.1, 0.15) is 17.7 Å². The number of nitrogens with zero attached hydrogens (tertiary/aromatic N) is 4. The van der Waals surface area contributed by atoms with E-state index in [4.69, 9.17) is 10.4 Å². The van der Waals surface area contributed by atoms with Gasteiger partial charge in [0.15, 0.2) is 0 Å². The average Bonchev–Trinajstić information content (AvgIpc) is 3.39. The van der Waals surface area contributed by atoms with Crippen LogP contribution < -0.4 is 20.1 Å². The molecule has 1 aromatic heterocycles. The Morgan fingerprint density at radius 1 is 1.05 bits per heavy atom. The van der Waals surface area contributed by atoms with Gasteiger partial charge >= 0.3 is 0 Å². The summed E-state index contributed by atoms with van der Waals surface area (Å²) in [6.07, 6.45) is 6.78. The molecule has 2 aliphatic rings. The minimum atomic E-state index is -0.530. The first-order chi connectivity index (χ1) is 18.1. The van der Waals surface area contributed by atoms with Crippen molar-refractivity contribution in [1.82, 2.24) is 14.5 Å². The second kappa shape index (κ2) is 13.7. The summed E-state index contributed by atoms with van der Waals surface area (Å²) in [6, 6.07) is 17.3. The molecule has 10 heteroatoms. The summed E-state index contributed by atoms with van der Waals surface area (Å²) in [7, 11) is 1.80. The molecule has 1 aliphatic heterocycles. The Hall–Kier alpha value is -2.71. The molecule has 2 aromatic carbocycles. The molecule has 1 saturated heterocycles. The summed E-state index contributed by atoms with van der Waals surface area (Å²) < 4.78 is 19.1. The Labute approximate surface area is 227 Å². The molecule has 2 heterocycles. The molecule has 3 aromatic rings. The van der Waals surface area contributed by atoms with E-state index >= 15 is 0 Å². The predicted octanol–water partition coefficient (Wildman–Crippen LogP) is 5.58. The van der Waals surface area contributed by atoms with E-state index in [0.717, 1.165) is 36.0 Å². The number of rotatable bonds is 6. The molecule has 1 aliphatic carbocycles. The second-order valence-electron chi connectivity index (χ2n) is 9.07. The van der Waals surface area contributed by atoms with E-state index in [1.807, 2.05) is 36.0 Å². The summed E-state index contributed by atoms with van der Waals surface area (Å²) in [5.41, 5.74) is 3.57. The molecular formula is C27H34FN7S2. The van der Waals surface area contributed by atoms with Crippen LogP contribution in [0.3, 0.4) is 0 Å². The number of aromatic nitrogens is 2. The van der Waals surface area contributed by atoms with Crippen LogP contribution in [0.5, 0.6) is 0 Å². The lowest BCUT2D eigenvalue weighted by atomic mass is 9.96. The third-order valence-corrected chi connectivity index (χ3v) is 8.07. The van der Waals surface area contributed by atoms with Crippen LogP contribution in [0, 0.1) is 17.1 Å². The molecular weight excluding hydrogens is 505 g/mol. The van der Waals surface area contributed by atoms with E-state index in [9.17, 15) is 4.39 Å². The maximum Gasteiger partial charge on any atom is 0.148 e. The summed E-state index contributed by atoms with van der Waals surface area (Å²) >= 11 is 3.25. The lowest BCUT2D eigenvalue weighted by Gasteiger charge is -2.28. The highest BCUT2D eigenvalue weighted by Gasteiger charge is 2.15. The number of nitrogens with two attached hydrogens (primary N) is 1. The van der Waals surface area contributed by atoms with Gasteiger partial charge in [-0.15, -0.1) is 5.10 Å². The lowest BCUT2D eigenvalue weighted by Crippen LogP contribution is -2.32. The normalized spacial score (nSPS) is 16.0. The molecule has 2 fully saturated rings. The highest BCUT2D eigenvalue weighted by molar-refractivity contribution is 7.99. The molecule has 0 radical (unpaired) electrons. The van der Waals surface area contributed by atoms with Gasteiger partial charge in [-0.25, -0.2) is 13.8 Å². The molecule has 7 nitrogen and oxygen atoms in total. The van der Waals surface area contributed by atoms with Crippen molar-refractivity contribution in [1.29, 1.82) is 5.26 Å². The zero-order valence-electron chi connectivity index (χ0n) is 21.1. The number of benzene rings is 2. The van der Waals surface area contributed by atoms with Gasteiger partial charge in [-0.3, -0.25) is 5.14 Å². The topological polar surface area (TPSA) is 94.9 Å². The zero-order chi connectivity index (χ0) is 26.0. The van der Waals surface area contributed by atoms with Gasteiger partial charge in [-0.2, -0.15) is 17.0 Å². The molecule has 0 amide bonds. The average molecular weight is 540 g/mol. The van der Waals surface area contributed by atoms with Crippen LogP contribution in [0.25, 0.3) is 16.9 Å². The van der Waals surface area contributed by atoms with Crippen molar-refractivity contribution in [3.05, 3.63) is 59.9 Å². The molecule has 0 atom stereocenters. The zero-order valence-corrected chi connectivity index (χ0v) is 22.8. The van der Waals surface area contributed by atoms with E-state index in [-0.39, 0.29) is 5.56 Å². The molecule has 1 saturated carbocycles. The van der Waals surface area contributed by atoms with Crippen molar-refractivity contribution in [2.24, 2.45) is 5.14 Å². The van der Waals surface area contributed by atoms with Crippen molar-refractivity contribution in [3.63, 3.8) is 0 Å². The number of hydrogen-bond donors (Lipinski definition) is 3. The standard InChI is InChI=1S/C21H20FN5S.C6H14N2S/c1-24-21-13-20(15-2-3-16(14-23)19(22)12-15)27(25-21)18-6-4-17(5-7-18)26-8-10-28-11-9-26;7-9-8-6-4-2-1-3-5-6/h2-7,12-13H,8-11H2,1H3,(H,24,25);6,8H,1-5,7H2. The van der Waals surface area contributed by atoms with Crippen molar-refractivity contribution in [2.75, 3.05) is 41.9 Å². The van der Waals surface area contributed by atoms with Gasteiger partial charge in [0.2, 0.25) is 0 Å². The molecule has 196 valence electrons. The van der Waals surface area contributed by atoms with Crippen molar-refractivity contribution in [3.8, 4) is 23.0 Å². The van der Waals surface area contributed by atoms with Crippen molar-refractivity contribution >= 4 is 35.4 Å². The molecule has 5 rings (SSSR count). The fourth-order valence-electron chi connectivity index (χ4n) is 4.61. The van der Waals surface area contributed by atoms with E-state index < -0.39 is 5.82 Å². The molecule has 0 bridgehead atoms. The first-order valence-electron chi connectivity index (χ1n) is 12.6. The van der Waals surface area contributed by atoms with Crippen LogP contribution in [-0.2, 0) is 0 Å². The van der Waals surface area contributed by atoms with Crippen LogP contribution in [0.1, 0.15) is 37.7 Å². The number of anilines is 2. The van der Waals surface area contributed by atoms with Crippen LogP contribution >= 0.6 is 23.9 Å². The van der Waals surface area contributed by atoms with Gasteiger partial charge in [0.05, 0.1) is 16.9 Å². The Balaban J connectivity index is 0.000000301. The number of nitriles is 1. The third kappa shape index (κ3) is 7.20. The summed E-state index contributed by atoms with van der Waals surface area (Å²) in [5, 5.41) is 21.9. The Morgan fingerprint density at radius 3 is 2.38 bits per heavy atom. The van der Waals surface area contributed by atoms with E-state index in [1.165, 1.54) is 62.1 Å². The highest BCUT2D eigenvalue weighted by atomic mass is 32.2. The first-order valence-corrected chi connectivity index (χ1v) is 14.7. The number of thioether (sulfide) groups is 1. The Bertz CT molecular complexity index is 1180. The number of hydrogen-bond acceptors (Lipinski definition) is 8. The van der Waals surface area contributed by atoms with Gasteiger partial charge in [-0.05, 0) is 49.2 Å². The summed E-state index contributed by atoms with van der Waals surface area (Å²) in [4.78, 5) is 2.39. The highest BCUT2D eigenvalue weighted by Crippen LogP contribution is 2.29. The van der Waals surface area contributed by atoms with Crippen LogP contribution in [-0.4, -0.2) is 47.5 Å². The quantitative estimate of drug-likeness (QED) is 0.350. The molecule has 4 N–H and O–H groups in total. The molecule has 0 unspecified atom stereocenters. The second-order valence-corrected chi connectivity index (χ2v) is 10.8. The van der Waals surface area contributed by atoms with Gasteiger partial charge in [-0.1, -0.05) is 25.3 Å². The first kappa shape index (κ1) is 27.3. The third-order valence-electron chi connectivity index (χ3n) is 6.66. The predicted molar refractivity (Wildman–Crippen MR) is 155 cm³/mol. The van der Waals surface area contributed by atoms with E-state index in [2.05, 4.69) is 32.2 Å². The lowest BCUT2D eigenvalue weighted by molar-refractivity contribution is 0.423. The fraction of sp³-hybridized carbons (Fsp3) is 0.407. The number of halogens is 1. The fourth-order valence-corrected chi connectivity index (χ4v) is 5.94. The molecule has 0 spiro atoms. The smallest absolute Gasteiger partial charge is 0.148 e. The van der Waals surface area contributed by atoms with Crippen molar-refractivity contribution < 1.29 is 4.39 Å². The van der Waals surface area contributed by atoms with Crippen LogP contribution in [0.4, 0.5) is 15.9 Å². The maximum absolute atomic E-state index is 14.1. The van der Waals surface area contributed by atoms with Gasteiger partial charge < -0.3 is 10.2 Å². The summed E-state index contributed by atoms with van der Waals surface area (Å²) in [5.74, 6) is 2.47. The van der Waals surface area contributed by atoms with Crippen LogP contribution in [0.2, 0.25) is 0 Å². The minimum Gasteiger partial charge on any atom is -0.372 e. The summed E-state index contributed by atoms with van der Waals surface area (Å²) in [6.45, 7) is 2.12. The molecule has 37 heavy (non-hydrogen) atoms. The van der Waals surface area contributed by atoms with Gasteiger partial charge in [0.25, 0.3) is 0 Å². The largest absolute Gasteiger partial charge is 0.372 e. The van der Waals surface area contributed by atoms with Gasteiger partial charge in [0, 0.05) is 67.1 Å². The van der Waals surface area contributed by atoms with E-state index in [0.29, 0.717) is 17.4 Å². The van der Waals surface area contributed by atoms with Crippen LogP contribution in [0.15, 0.2) is 48.5 Å². The Kier molecular flexibility index (Phi) is 10.1. The number of nitrogens with one attached hydrogen (secondary N) is 2. The minimum absolute atomic E-state index is 0.0349. The Morgan fingerprint density at radius 2 is 1.76 bits per heavy atom. The SMILES string of the molecule is CNc1cc(-c2ccc(C#N)c(F)c2)n(-c2ccc(N3CCSCC3)cc2)n1.NSNC1CCCCC1.